The van der Waals surface area contributed by atoms with Crippen LogP contribution in [0.4, 0.5) is 5.69 Å². The number of carbonyl (C=O) groups excluding carboxylic acids is 2. The molecule has 2 aromatic rings. The third-order valence-corrected chi connectivity index (χ3v) is 4.48. The Kier molecular flexibility index (Phi) is 3.38. The van der Waals surface area contributed by atoms with Crippen LogP contribution >= 0.6 is 27.5 Å². The van der Waals surface area contributed by atoms with Gasteiger partial charge in [0.1, 0.15) is 0 Å². The Morgan fingerprint density at radius 2 is 1.48 bits per heavy atom. The average Bonchev–Trinajstić information content (AvgIpc) is 2.68. The minimum Gasteiger partial charge on any atom is -0.268 e. The average molecular weight is 365 g/mol. The number of aryl methyl sites for hydroxylation is 2. The molecule has 0 fully saturated rings. The van der Waals surface area contributed by atoms with Crippen LogP contribution in [0.3, 0.4) is 0 Å². The highest BCUT2D eigenvalue weighted by molar-refractivity contribution is 9.10. The molecule has 0 aliphatic carbocycles. The zero-order valence-electron chi connectivity index (χ0n) is 11.4. The summed E-state index contributed by atoms with van der Waals surface area (Å²) < 4.78 is 0.611. The van der Waals surface area contributed by atoms with Gasteiger partial charge in [0, 0.05) is 9.50 Å². The minimum atomic E-state index is -0.292. The van der Waals surface area contributed by atoms with Crippen molar-refractivity contribution in [2.75, 3.05) is 4.90 Å². The number of halogens is 2. The van der Waals surface area contributed by atoms with Crippen LogP contribution in [0.15, 0.2) is 34.8 Å². The van der Waals surface area contributed by atoms with Crippen LogP contribution in [0.2, 0.25) is 5.02 Å². The van der Waals surface area contributed by atoms with Crippen LogP contribution in [0.5, 0.6) is 0 Å². The van der Waals surface area contributed by atoms with E-state index in [1.54, 1.807) is 18.2 Å². The second-order valence-corrected chi connectivity index (χ2v) is 6.28. The van der Waals surface area contributed by atoms with Crippen LogP contribution in [-0.2, 0) is 0 Å². The number of benzene rings is 2. The first-order valence-electron chi connectivity index (χ1n) is 6.36. The molecule has 1 aliphatic rings. The maximum atomic E-state index is 12.7. The number of fused-ring (bicyclic) bond motifs is 1. The summed E-state index contributed by atoms with van der Waals surface area (Å²) in [6.45, 7) is 3.67. The fourth-order valence-electron chi connectivity index (χ4n) is 2.56. The van der Waals surface area contributed by atoms with Gasteiger partial charge in [-0.1, -0.05) is 23.7 Å². The molecule has 0 spiro atoms. The van der Waals surface area contributed by atoms with Crippen molar-refractivity contribution in [3.8, 4) is 0 Å². The molecular formula is C16H11BrClNO2. The molecule has 0 unspecified atom stereocenters. The largest absolute Gasteiger partial charge is 0.268 e. The van der Waals surface area contributed by atoms with Gasteiger partial charge in [-0.2, -0.15) is 0 Å². The van der Waals surface area contributed by atoms with Gasteiger partial charge in [0.05, 0.1) is 16.8 Å². The highest BCUT2D eigenvalue weighted by atomic mass is 79.9. The van der Waals surface area contributed by atoms with Gasteiger partial charge < -0.3 is 0 Å². The van der Waals surface area contributed by atoms with E-state index in [9.17, 15) is 9.59 Å². The van der Waals surface area contributed by atoms with E-state index >= 15 is 0 Å². The van der Waals surface area contributed by atoms with E-state index in [1.165, 1.54) is 4.90 Å². The zero-order valence-corrected chi connectivity index (χ0v) is 13.7. The zero-order chi connectivity index (χ0) is 15.3. The van der Waals surface area contributed by atoms with Crippen molar-refractivity contribution < 1.29 is 9.59 Å². The third-order valence-electron chi connectivity index (χ3n) is 3.61. The van der Waals surface area contributed by atoms with Crippen LogP contribution in [0, 0.1) is 13.8 Å². The molecule has 3 rings (SSSR count). The molecule has 0 saturated heterocycles. The summed E-state index contributed by atoms with van der Waals surface area (Å²) in [5.41, 5.74) is 3.09. The quantitative estimate of drug-likeness (QED) is 0.698. The van der Waals surface area contributed by atoms with E-state index in [1.807, 2.05) is 26.0 Å². The first-order chi connectivity index (χ1) is 9.91. The molecule has 0 radical (unpaired) electrons. The van der Waals surface area contributed by atoms with Crippen molar-refractivity contribution in [2.24, 2.45) is 0 Å². The van der Waals surface area contributed by atoms with E-state index in [2.05, 4.69) is 15.9 Å². The predicted molar refractivity (Wildman–Crippen MR) is 86.2 cm³/mol. The number of imide groups is 1. The molecule has 106 valence electrons. The summed E-state index contributed by atoms with van der Waals surface area (Å²) in [4.78, 5) is 26.5. The summed E-state index contributed by atoms with van der Waals surface area (Å²) in [7, 11) is 0. The van der Waals surface area contributed by atoms with Gasteiger partial charge in [-0.25, -0.2) is 4.90 Å². The summed E-state index contributed by atoms with van der Waals surface area (Å²) in [6.07, 6.45) is 0. The lowest BCUT2D eigenvalue weighted by molar-refractivity contribution is 0.0926. The number of nitrogens with zero attached hydrogens (tertiary/aromatic N) is 1. The predicted octanol–water partition coefficient (Wildman–Crippen LogP) is 4.52. The molecule has 1 aliphatic heterocycles. The monoisotopic (exact) mass is 363 g/mol. The molecule has 2 aromatic carbocycles. The molecule has 5 heteroatoms. The highest BCUT2D eigenvalue weighted by Crippen LogP contribution is 2.36. The lowest BCUT2D eigenvalue weighted by atomic mass is 9.99. The number of anilines is 1. The van der Waals surface area contributed by atoms with Gasteiger partial charge in [0.15, 0.2) is 0 Å². The summed E-state index contributed by atoms with van der Waals surface area (Å²) in [5.74, 6) is -0.585. The Bertz CT molecular complexity index is 760. The maximum absolute atomic E-state index is 12.7. The molecule has 0 atom stereocenters. The Hall–Kier alpha value is -1.65. The van der Waals surface area contributed by atoms with Crippen LogP contribution < -0.4 is 4.90 Å². The smallest absolute Gasteiger partial charge is 0.266 e. The molecule has 0 saturated carbocycles. The summed E-state index contributed by atoms with van der Waals surface area (Å²) in [6, 6.07) is 8.71. The number of rotatable bonds is 1. The number of hydrogen-bond donors (Lipinski definition) is 0. The molecule has 21 heavy (non-hydrogen) atoms. The van der Waals surface area contributed by atoms with Gasteiger partial charge in [-0.3, -0.25) is 9.59 Å². The lowest BCUT2D eigenvalue weighted by Gasteiger charge is -2.16. The van der Waals surface area contributed by atoms with Gasteiger partial charge >= 0.3 is 0 Å². The normalized spacial score (nSPS) is 13.8. The minimum absolute atomic E-state index is 0.292. The summed E-state index contributed by atoms with van der Waals surface area (Å²) in [5, 5.41) is 0.537. The third kappa shape index (κ3) is 2.10. The van der Waals surface area contributed by atoms with Crippen LogP contribution in [0.1, 0.15) is 31.8 Å². The Balaban J connectivity index is 2.21. The van der Waals surface area contributed by atoms with Crippen molar-refractivity contribution in [3.63, 3.8) is 0 Å². The van der Waals surface area contributed by atoms with Crippen molar-refractivity contribution >= 4 is 45.0 Å². The van der Waals surface area contributed by atoms with E-state index in [-0.39, 0.29) is 11.8 Å². The van der Waals surface area contributed by atoms with Crippen molar-refractivity contribution in [1.29, 1.82) is 0 Å². The Morgan fingerprint density at radius 1 is 0.952 bits per heavy atom. The second-order valence-electron chi connectivity index (χ2n) is 4.99. The fourth-order valence-corrected chi connectivity index (χ4v) is 3.42. The van der Waals surface area contributed by atoms with Crippen LogP contribution in [0.25, 0.3) is 0 Å². The molecule has 3 nitrogen and oxygen atoms in total. The second kappa shape index (κ2) is 4.97. The number of hydrogen-bond acceptors (Lipinski definition) is 2. The first-order valence-corrected chi connectivity index (χ1v) is 7.53. The molecule has 0 aromatic heterocycles. The SMILES string of the molecule is Cc1ccc(C)c2c1C(=O)N(c1ccc(Cl)cc1Br)C2=O. The van der Waals surface area contributed by atoms with Gasteiger partial charge in [-0.05, 0) is 59.1 Å². The van der Waals surface area contributed by atoms with Crippen LogP contribution in [-0.4, -0.2) is 11.8 Å². The van der Waals surface area contributed by atoms with Gasteiger partial charge in [0.25, 0.3) is 11.8 Å². The topological polar surface area (TPSA) is 37.4 Å². The Morgan fingerprint density at radius 3 is 1.95 bits per heavy atom. The molecule has 0 bridgehead atoms. The van der Waals surface area contributed by atoms with E-state index in [0.29, 0.717) is 26.3 Å². The number of amides is 2. The maximum Gasteiger partial charge on any atom is 0.266 e. The van der Waals surface area contributed by atoms with Gasteiger partial charge in [-0.15, -0.1) is 0 Å². The van der Waals surface area contributed by atoms with Crippen molar-refractivity contribution in [1.82, 2.24) is 0 Å². The van der Waals surface area contributed by atoms with E-state index < -0.39 is 0 Å². The molecule has 2 amide bonds. The Labute approximate surface area is 135 Å². The highest BCUT2D eigenvalue weighted by Gasteiger charge is 2.39. The lowest BCUT2D eigenvalue weighted by Crippen LogP contribution is -2.29. The molecular weight excluding hydrogens is 354 g/mol. The first kappa shape index (κ1) is 14.3. The summed E-state index contributed by atoms with van der Waals surface area (Å²) >= 11 is 9.28. The van der Waals surface area contributed by atoms with E-state index in [4.69, 9.17) is 11.6 Å². The number of carbonyl (C=O) groups is 2. The van der Waals surface area contributed by atoms with Crippen molar-refractivity contribution in [2.45, 2.75) is 13.8 Å². The van der Waals surface area contributed by atoms with Gasteiger partial charge in [0.2, 0.25) is 0 Å². The molecule has 0 N–H and O–H groups in total. The molecule has 1 heterocycles. The van der Waals surface area contributed by atoms with E-state index in [0.717, 1.165) is 11.1 Å². The standard InChI is InChI=1S/C16H11BrClNO2/c1-8-3-4-9(2)14-13(8)15(20)19(16(14)21)12-6-5-10(18)7-11(12)17/h3-7H,1-2H3. The van der Waals surface area contributed by atoms with Crippen molar-refractivity contribution in [3.05, 3.63) is 62.1 Å². The fraction of sp³-hybridized carbons (Fsp3) is 0.125.